The number of aromatic nitrogens is 4. The van der Waals surface area contributed by atoms with Gasteiger partial charge in [-0.25, -0.2) is 19.6 Å². The summed E-state index contributed by atoms with van der Waals surface area (Å²) in [7, 11) is 0. The van der Waals surface area contributed by atoms with E-state index in [1.165, 1.54) is 6.33 Å². The average Bonchev–Trinajstić information content (AvgIpc) is 3.59. The first-order valence-electron chi connectivity index (χ1n) is 15.0. The molecule has 0 saturated heterocycles. The lowest BCUT2D eigenvalue weighted by Gasteiger charge is -2.29. The average molecular weight is 599 g/mol. The molecule has 0 unspecified atom stereocenters. The van der Waals surface area contributed by atoms with Gasteiger partial charge in [-0.2, -0.15) is 15.3 Å². The Labute approximate surface area is 254 Å². The molecule has 2 aromatic rings. The van der Waals surface area contributed by atoms with E-state index in [1.54, 1.807) is 47.7 Å². The number of rotatable bonds is 11. The maximum Gasteiger partial charge on any atom is 0.425 e. The minimum Gasteiger partial charge on any atom is -0.443 e. The molecule has 1 fully saturated rings. The summed E-state index contributed by atoms with van der Waals surface area (Å²) >= 11 is 0. The molecule has 12 nitrogen and oxygen atoms in total. The van der Waals surface area contributed by atoms with Crippen molar-refractivity contribution in [1.29, 1.82) is 5.26 Å². The lowest BCUT2D eigenvalue weighted by molar-refractivity contribution is -0.134. The van der Waals surface area contributed by atoms with Crippen LogP contribution < -0.4 is 4.90 Å². The van der Waals surface area contributed by atoms with Gasteiger partial charge >= 0.3 is 12.2 Å². The second-order valence-corrected chi connectivity index (χ2v) is 12.5. The van der Waals surface area contributed by atoms with Crippen molar-refractivity contribution >= 4 is 18.0 Å². The first-order valence-corrected chi connectivity index (χ1v) is 15.0. The summed E-state index contributed by atoms with van der Waals surface area (Å²) in [6.45, 7) is 14.7. The van der Waals surface area contributed by atoms with E-state index in [4.69, 9.17) is 18.9 Å². The van der Waals surface area contributed by atoms with E-state index in [2.05, 4.69) is 21.1 Å². The van der Waals surface area contributed by atoms with E-state index < -0.39 is 29.7 Å². The van der Waals surface area contributed by atoms with Crippen LogP contribution in [0.2, 0.25) is 0 Å². The molecule has 0 bridgehead atoms. The van der Waals surface area contributed by atoms with Crippen LogP contribution in [0, 0.1) is 17.2 Å². The maximum absolute atomic E-state index is 13.6. The van der Waals surface area contributed by atoms with Crippen LogP contribution in [-0.4, -0.2) is 62.6 Å². The topological polar surface area (TPSA) is 142 Å². The standard InChI is InChI=1S/C31H46N6O6/c1-9-40-25(41-10-2)17-23-26(22-18-35-36(19-22)24(15-16-32)21-13-11-12-14-21)33-20-34-27(23)37(28(38)42-30(3,4)5)29(39)43-31(6,7)8/h18-21,24-25H,9-15,17H2,1-8H3/t24-/m1/s1. The quantitative estimate of drug-likeness (QED) is 0.260. The van der Waals surface area contributed by atoms with Crippen molar-refractivity contribution in [3.05, 3.63) is 24.3 Å². The molecule has 1 atom stereocenters. The number of amides is 2. The molecule has 3 rings (SSSR count). The smallest absolute Gasteiger partial charge is 0.425 e. The van der Waals surface area contributed by atoms with E-state index in [-0.39, 0.29) is 18.3 Å². The number of ether oxygens (including phenoxy) is 4. The number of imide groups is 1. The van der Waals surface area contributed by atoms with Crippen LogP contribution in [-0.2, 0) is 25.4 Å². The highest BCUT2D eigenvalue weighted by Gasteiger charge is 2.37. The molecular weight excluding hydrogens is 552 g/mol. The molecule has 12 heteroatoms. The van der Waals surface area contributed by atoms with Crippen molar-refractivity contribution in [2.45, 2.75) is 117 Å². The Bertz CT molecular complexity index is 1230. The fourth-order valence-electron chi connectivity index (χ4n) is 5.15. The molecule has 1 aliphatic rings. The van der Waals surface area contributed by atoms with E-state index in [1.807, 2.05) is 24.7 Å². The molecular formula is C31H46N6O6. The summed E-state index contributed by atoms with van der Waals surface area (Å²) in [6.07, 6.45) is 7.07. The van der Waals surface area contributed by atoms with Gasteiger partial charge in [0.25, 0.3) is 0 Å². The lowest BCUT2D eigenvalue weighted by atomic mass is 9.96. The summed E-state index contributed by atoms with van der Waals surface area (Å²) in [6, 6.07) is 2.25. The molecule has 236 valence electrons. The van der Waals surface area contributed by atoms with Crippen molar-refractivity contribution in [1.82, 2.24) is 19.7 Å². The molecule has 0 radical (unpaired) electrons. The second kappa shape index (κ2) is 14.8. The first kappa shape index (κ1) is 33.9. The highest BCUT2D eigenvalue weighted by Crippen LogP contribution is 2.37. The molecule has 0 N–H and O–H groups in total. The van der Waals surface area contributed by atoms with Gasteiger partial charge in [-0.15, -0.1) is 0 Å². The summed E-state index contributed by atoms with van der Waals surface area (Å²) in [4.78, 5) is 36.9. The van der Waals surface area contributed by atoms with E-state index in [0.717, 1.165) is 30.6 Å². The number of nitrogens with zero attached hydrogens (tertiary/aromatic N) is 6. The third-order valence-corrected chi connectivity index (χ3v) is 6.82. The predicted octanol–water partition coefficient (Wildman–Crippen LogP) is 6.60. The monoisotopic (exact) mass is 598 g/mol. The molecule has 1 aliphatic carbocycles. The van der Waals surface area contributed by atoms with Gasteiger partial charge in [0.15, 0.2) is 12.1 Å². The van der Waals surface area contributed by atoms with E-state index >= 15 is 0 Å². The number of carbonyl (C=O) groups is 2. The SMILES string of the molecule is CCOC(Cc1c(-c2cnn([C@H](CC#N)C3CCCC3)c2)ncnc1N(C(=O)OC(C)(C)C)C(=O)OC(C)(C)C)OCC. The molecule has 43 heavy (non-hydrogen) atoms. The van der Waals surface area contributed by atoms with E-state index in [9.17, 15) is 14.9 Å². The minimum absolute atomic E-state index is 0.00461. The van der Waals surface area contributed by atoms with Crippen LogP contribution in [0.15, 0.2) is 18.7 Å². The Morgan fingerprint density at radius 1 is 1.02 bits per heavy atom. The van der Waals surface area contributed by atoms with Gasteiger partial charge in [-0.1, -0.05) is 12.8 Å². The minimum atomic E-state index is -0.942. The summed E-state index contributed by atoms with van der Waals surface area (Å²) in [5.74, 6) is 0.359. The van der Waals surface area contributed by atoms with Crippen molar-refractivity contribution in [2.75, 3.05) is 18.1 Å². The highest BCUT2D eigenvalue weighted by atomic mass is 16.7. The zero-order valence-electron chi connectivity index (χ0n) is 26.8. The summed E-state index contributed by atoms with van der Waals surface area (Å²) in [5, 5.41) is 14.2. The molecule has 2 aromatic heterocycles. The third kappa shape index (κ3) is 9.46. The Morgan fingerprint density at radius 3 is 2.12 bits per heavy atom. The Kier molecular flexibility index (Phi) is 11.6. The van der Waals surface area contributed by atoms with Gasteiger partial charge in [0, 0.05) is 37.0 Å². The van der Waals surface area contributed by atoms with Crippen LogP contribution in [0.5, 0.6) is 0 Å². The van der Waals surface area contributed by atoms with Crippen LogP contribution in [0.1, 0.15) is 99.1 Å². The molecule has 2 heterocycles. The third-order valence-electron chi connectivity index (χ3n) is 6.82. The van der Waals surface area contributed by atoms with Gasteiger partial charge in [0.05, 0.1) is 30.4 Å². The fourth-order valence-corrected chi connectivity index (χ4v) is 5.15. The van der Waals surface area contributed by atoms with E-state index in [0.29, 0.717) is 42.4 Å². The number of hydrogen-bond donors (Lipinski definition) is 0. The van der Waals surface area contributed by atoms with Gasteiger partial charge in [-0.3, -0.25) is 4.68 Å². The Hall–Kier alpha value is -3.56. The molecule has 0 aliphatic heterocycles. The van der Waals surface area contributed by atoms with Crippen LogP contribution in [0.3, 0.4) is 0 Å². The van der Waals surface area contributed by atoms with Gasteiger partial charge in [0.2, 0.25) is 0 Å². The number of hydrogen-bond acceptors (Lipinski definition) is 10. The summed E-state index contributed by atoms with van der Waals surface area (Å²) < 4.78 is 24.8. The van der Waals surface area contributed by atoms with Crippen molar-refractivity contribution in [3.63, 3.8) is 0 Å². The predicted molar refractivity (Wildman–Crippen MR) is 160 cm³/mol. The van der Waals surface area contributed by atoms with Crippen LogP contribution >= 0.6 is 0 Å². The second-order valence-electron chi connectivity index (χ2n) is 12.5. The summed E-state index contributed by atoms with van der Waals surface area (Å²) in [5.41, 5.74) is -0.296. The lowest BCUT2D eigenvalue weighted by Crippen LogP contribution is -2.45. The van der Waals surface area contributed by atoms with Crippen molar-refractivity contribution < 1.29 is 28.5 Å². The first-order chi connectivity index (χ1) is 20.3. The number of nitriles is 1. The zero-order valence-corrected chi connectivity index (χ0v) is 26.8. The normalized spacial score (nSPS) is 14.9. The largest absolute Gasteiger partial charge is 0.443 e. The molecule has 1 saturated carbocycles. The molecule has 2 amide bonds. The fraction of sp³-hybridized carbons (Fsp3) is 0.677. The Morgan fingerprint density at radius 2 is 1.60 bits per heavy atom. The number of carbonyl (C=O) groups excluding carboxylic acids is 2. The van der Waals surface area contributed by atoms with Crippen LogP contribution in [0.25, 0.3) is 11.3 Å². The van der Waals surface area contributed by atoms with Gasteiger partial charge in [0.1, 0.15) is 17.5 Å². The van der Waals surface area contributed by atoms with Crippen molar-refractivity contribution in [2.24, 2.45) is 5.92 Å². The zero-order chi connectivity index (χ0) is 31.8. The van der Waals surface area contributed by atoms with Gasteiger partial charge < -0.3 is 18.9 Å². The van der Waals surface area contributed by atoms with Crippen molar-refractivity contribution in [3.8, 4) is 17.3 Å². The maximum atomic E-state index is 13.6. The van der Waals surface area contributed by atoms with Crippen LogP contribution in [0.4, 0.5) is 15.4 Å². The Balaban J connectivity index is 2.19. The van der Waals surface area contributed by atoms with Gasteiger partial charge in [-0.05, 0) is 74.1 Å². The number of anilines is 1. The highest BCUT2D eigenvalue weighted by molar-refractivity contribution is 6.09. The molecule has 0 spiro atoms. The molecule has 0 aromatic carbocycles.